The number of thioether (sulfide) groups is 1. The van der Waals surface area contributed by atoms with Gasteiger partial charge in [0.2, 0.25) is 0 Å². The Balaban J connectivity index is 0. The third-order valence-corrected chi connectivity index (χ3v) is 4.06. The van der Waals surface area contributed by atoms with Crippen LogP contribution in [0.2, 0.25) is 0 Å². The number of methoxy groups -OCH3 is 2. The summed E-state index contributed by atoms with van der Waals surface area (Å²) in [4.78, 5) is 47.7. The number of amides is 2. The summed E-state index contributed by atoms with van der Waals surface area (Å²) >= 11 is 1.13. The maximum Gasteiger partial charge on any atom is 0.408 e. The van der Waals surface area contributed by atoms with Crippen molar-refractivity contribution in [3.05, 3.63) is 0 Å². The topological polar surface area (TPSA) is 129 Å². The van der Waals surface area contributed by atoms with Gasteiger partial charge in [-0.1, -0.05) is 0 Å². The molecule has 0 spiro atoms. The van der Waals surface area contributed by atoms with Gasteiger partial charge in [0.05, 0.1) is 14.2 Å². The van der Waals surface area contributed by atoms with Crippen LogP contribution >= 0.6 is 11.8 Å². The predicted molar refractivity (Wildman–Crippen MR) is 113 cm³/mol. The van der Waals surface area contributed by atoms with Crippen molar-refractivity contribution in [3.8, 4) is 0 Å². The van der Waals surface area contributed by atoms with Crippen LogP contribution in [0.5, 0.6) is 0 Å². The SMILES string of the molecule is COC(=O)C(CSCC(NC(=O)OC(C)(C)C)C(=O)OC)NC(=O)OC(C)(C)C.[Sn]. The number of carbonyl (C=O) groups excluding carboxylic acids is 4. The third-order valence-electron chi connectivity index (χ3n) is 2.92. The van der Waals surface area contributed by atoms with E-state index in [1.54, 1.807) is 41.5 Å². The quantitative estimate of drug-likeness (QED) is 0.260. The first-order valence-corrected chi connectivity index (χ1v) is 10.1. The summed E-state index contributed by atoms with van der Waals surface area (Å²) in [7, 11) is 2.39. The molecule has 0 fully saturated rings. The molecule has 10 nitrogen and oxygen atoms in total. The molecular formula is C18H32N2O8SSn. The zero-order valence-corrected chi connectivity index (χ0v) is 22.4. The third kappa shape index (κ3) is 14.6. The first kappa shape index (κ1) is 30.8. The minimum absolute atomic E-state index is 0. The van der Waals surface area contributed by atoms with Crippen molar-refractivity contribution in [2.75, 3.05) is 25.7 Å². The summed E-state index contributed by atoms with van der Waals surface area (Å²) in [5.74, 6) is -1.18. The molecule has 2 amide bonds. The number of alkyl carbamates (subject to hydrolysis) is 2. The summed E-state index contributed by atoms with van der Waals surface area (Å²) in [5, 5.41) is 4.86. The van der Waals surface area contributed by atoms with Crippen LogP contribution in [0.3, 0.4) is 0 Å². The van der Waals surface area contributed by atoms with E-state index in [4.69, 9.17) is 9.47 Å². The van der Waals surface area contributed by atoms with E-state index in [0.29, 0.717) is 0 Å². The molecule has 0 aromatic rings. The van der Waals surface area contributed by atoms with Gasteiger partial charge in [-0.3, -0.25) is 0 Å². The summed E-state index contributed by atoms with van der Waals surface area (Å²) in [6.45, 7) is 10.2. The van der Waals surface area contributed by atoms with Gasteiger partial charge in [0.25, 0.3) is 0 Å². The second-order valence-electron chi connectivity index (χ2n) is 7.98. The summed E-state index contributed by atoms with van der Waals surface area (Å²) in [5.41, 5.74) is -1.46. The van der Waals surface area contributed by atoms with E-state index >= 15 is 0 Å². The summed E-state index contributed by atoms with van der Waals surface area (Å²) in [6.07, 6.45) is -1.55. The molecular weight excluding hydrogens is 523 g/mol. The van der Waals surface area contributed by atoms with Gasteiger partial charge in [-0.15, -0.1) is 0 Å². The van der Waals surface area contributed by atoms with Crippen LogP contribution in [0.1, 0.15) is 41.5 Å². The zero-order valence-electron chi connectivity index (χ0n) is 18.7. The maximum absolute atomic E-state index is 11.9. The standard InChI is InChI=1S/C18H32N2O8S.Sn/c1-17(2,3)27-15(23)19-11(13(21)25-7)9-29-10-12(14(22)26-8)20-16(24)28-18(4,5)6;/h11-12H,9-10H2,1-8H3,(H,19,23)(H,20,24);. The number of esters is 2. The normalized spacial score (nSPS) is 13.1. The number of carbonyl (C=O) groups is 4. The van der Waals surface area contributed by atoms with Gasteiger partial charge in [0.15, 0.2) is 0 Å². The molecule has 0 saturated heterocycles. The number of hydrogen-bond donors (Lipinski definition) is 2. The van der Waals surface area contributed by atoms with Crippen molar-refractivity contribution in [1.82, 2.24) is 10.6 Å². The van der Waals surface area contributed by atoms with Crippen LogP contribution < -0.4 is 10.6 Å². The molecule has 30 heavy (non-hydrogen) atoms. The van der Waals surface area contributed by atoms with Gasteiger partial charge in [-0.25, -0.2) is 19.2 Å². The number of ether oxygens (including phenoxy) is 4. The second kappa shape index (κ2) is 13.8. The van der Waals surface area contributed by atoms with Gasteiger partial charge in [0.1, 0.15) is 23.3 Å². The number of hydrogen-bond acceptors (Lipinski definition) is 9. The van der Waals surface area contributed by atoms with E-state index in [2.05, 4.69) is 20.1 Å². The Kier molecular flexibility index (Phi) is 14.2. The molecule has 4 radical (unpaired) electrons. The molecule has 2 atom stereocenters. The summed E-state index contributed by atoms with van der Waals surface area (Å²) < 4.78 is 19.6. The fourth-order valence-electron chi connectivity index (χ4n) is 1.83. The molecule has 12 heteroatoms. The van der Waals surface area contributed by atoms with Crippen LogP contribution in [0.15, 0.2) is 0 Å². The Labute approximate surface area is 198 Å². The smallest absolute Gasteiger partial charge is 0.408 e. The van der Waals surface area contributed by atoms with Gasteiger partial charge in [0, 0.05) is 35.4 Å². The Hall–Kier alpha value is -1.37. The molecule has 172 valence electrons. The van der Waals surface area contributed by atoms with Gasteiger partial charge in [-0.2, -0.15) is 11.8 Å². The molecule has 0 aromatic carbocycles. The minimum Gasteiger partial charge on any atom is -0.467 e. The van der Waals surface area contributed by atoms with Gasteiger partial charge >= 0.3 is 24.1 Å². The largest absolute Gasteiger partial charge is 0.467 e. The maximum atomic E-state index is 11.9. The predicted octanol–water partition coefficient (Wildman–Crippen LogP) is 1.47. The van der Waals surface area contributed by atoms with Crippen LogP contribution in [-0.4, -0.2) is 97.0 Å². The van der Waals surface area contributed by atoms with Gasteiger partial charge in [-0.05, 0) is 41.5 Å². The van der Waals surface area contributed by atoms with E-state index in [-0.39, 0.29) is 35.4 Å². The molecule has 0 aliphatic carbocycles. The monoisotopic (exact) mass is 556 g/mol. The Morgan fingerprint density at radius 2 is 1.03 bits per heavy atom. The minimum atomic E-state index is -1.00. The Morgan fingerprint density at radius 1 is 0.733 bits per heavy atom. The molecule has 0 rings (SSSR count). The fourth-order valence-corrected chi connectivity index (χ4v) is 2.87. The molecule has 0 bridgehead atoms. The average Bonchev–Trinajstić information content (AvgIpc) is 2.55. The van der Waals surface area contributed by atoms with E-state index in [0.717, 1.165) is 11.8 Å². The Bertz CT molecular complexity index is 540. The molecule has 2 N–H and O–H groups in total. The molecule has 0 aliphatic rings. The molecule has 2 unspecified atom stereocenters. The fraction of sp³-hybridized carbons (Fsp3) is 0.778. The first-order chi connectivity index (χ1) is 13.2. The van der Waals surface area contributed by atoms with Crippen molar-refractivity contribution >= 4 is 59.8 Å². The number of rotatable bonds is 8. The van der Waals surface area contributed by atoms with E-state index in [1.165, 1.54) is 14.2 Å². The Morgan fingerprint density at radius 3 is 1.27 bits per heavy atom. The zero-order chi connectivity index (χ0) is 22.8. The molecule has 0 heterocycles. The van der Waals surface area contributed by atoms with Crippen LogP contribution in [-0.2, 0) is 28.5 Å². The van der Waals surface area contributed by atoms with E-state index < -0.39 is 47.4 Å². The first-order valence-electron chi connectivity index (χ1n) is 8.91. The van der Waals surface area contributed by atoms with Crippen LogP contribution in [0.4, 0.5) is 9.59 Å². The van der Waals surface area contributed by atoms with Crippen molar-refractivity contribution in [2.24, 2.45) is 0 Å². The molecule has 0 saturated carbocycles. The van der Waals surface area contributed by atoms with Crippen molar-refractivity contribution in [3.63, 3.8) is 0 Å². The van der Waals surface area contributed by atoms with E-state index in [1.807, 2.05) is 0 Å². The van der Waals surface area contributed by atoms with Crippen LogP contribution in [0, 0.1) is 0 Å². The second-order valence-corrected chi connectivity index (χ2v) is 9.06. The van der Waals surface area contributed by atoms with Crippen molar-refractivity contribution in [1.29, 1.82) is 0 Å². The van der Waals surface area contributed by atoms with Crippen molar-refractivity contribution < 1.29 is 38.1 Å². The van der Waals surface area contributed by atoms with E-state index in [9.17, 15) is 19.2 Å². The average molecular weight is 555 g/mol. The molecule has 0 aliphatic heterocycles. The number of nitrogens with one attached hydrogen (secondary N) is 2. The summed E-state index contributed by atoms with van der Waals surface area (Å²) in [6, 6.07) is -2.00. The van der Waals surface area contributed by atoms with Crippen molar-refractivity contribution in [2.45, 2.75) is 64.8 Å². The van der Waals surface area contributed by atoms with Gasteiger partial charge < -0.3 is 29.6 Å². The molecule has 0 aromatic heterocycles. The van der Waals surface area contributed by atoms with Crippen LogP contribution in [0.25, 0.3) is 0 Å².